The van der Waals surface area contributed by atoms with Crippen LogP contribution >= 0.6 is 0 Å². The molecule has 1 aromatic carbocycles. The lowest BCUT2D eigenvalue weighted by molar-refractivity contribution is -0.129. The van der Waals surface area contributed by atoms with Gasteiger partial charge in [0, 0.05) is 38.4 Å². The van der Waals surface area contributed by atoms with Gasteiger partial charge in [-0.05, 0) is 30.7 Å². The van der Waals surface area contributed by atoms with E-state index >= 15 is 0 Å². The quantitative estimate of drug-likeness (QED) is 0.830. The topological polar surface area (TPSA) is 86.8 Å². The van der Waals surface area contributed by atoms with Gasteiger partial charge < -0.3 is 15.1 Å². The lowest BCUT2D eigenvalue weighted by atomic mass is 10.2. The maximum atomic E-state index is 12.2. The minimum atomic E-state index is -3.01. The SMILES string of the molecule is CN(C)C(=O)c1ccc(NCC(=O)N(C)C2CCS(=O)(=O)C2)cc1. The van der Waals surface area contributed by atoms with Gasteiger partial charge in [0.2, 0.25) is 5.91 Å². The van der Waals surface area contributed by atoms with E-state index in [4.69, 9.17) is 0 Å². The molecule has 1 saturated heterocycles. The Bertz CT molecular complexity index is 713. The minimum Gasteiger partial charge on any atom is -0.376 e. The van der Waals surface area contributed by atoms with Gasteiger partial charge in [-0.2, -0.15) is 0 Å². The van der Waals surface area contributed by atoms with Crippen LogP contribution in [0.15, 0.2) is 24.3 Å². The van der Waals surface area contributed by atoms with E-state index in [2.05, 4.69) is 5.32 Å². The van der Waals surface area contributed by atoms with E-state index < -0.39 is 9.84 Å². The van der Waals surface area contributed by atoms with Gasteiger partial charge in [-0.3, -0.25) is 9.59 Å². The van der Waals surface area contributed by atoms with E-state index in [1.165, 1.54) is 9.80 Å². The molecule has 0 bridgehead atoms. The molecule has 1 N–H and O–H groups in total. The Balaban J connectivity index is 1.89. The van der Waals surface area contributed by atoms with E-state index in [9.17, 15) is 18.0 Å². The molecule has 1 unspecified atom stereocenters. The van der Waals surface area contributed by atoms with E-state index in [1.807, 2.05) is 0 Å². The molecule has 0 aromatic heterocycles. The summed E-state index contributed by atoms with van der Waals surface area (Å²) in [5, 5.41) is 3.00. The number of hydrogen-bond acceptors (Lipinski definition) is 5. The van der Waals surface area contributed by atoms with Gasteiger partial charge in [-0.15, -0.1) is 0 Å². The van der Waals surface area contributed by atoms with E-state index in [1.54, 1.807) is 45.4 Å². The number of rotatable bonds is 5. The minimum absolute atomic E-state index is 0.0383. The number of nitrogens with zero attached hydrogens (tertiary/aromatic N) is 2. The number of amides is 2. The lowest BCUT2D eigenvalue weighted by Crippen LogP contribution is -2.40. The van der Waals surface area contributed by atoms with Gasteiger partial charge in [0.1, 0.15) is 0 Å². The number of benzene rings is 1. The Kier molecular flexibility index (Phi) is 5.48. The smallest absolute Gasteiger partial charge is 0.253 e. The summed E-state index contributed by atoms with van der Waals surface area (Å²) < 4.78 is 23.0. The van der Waals surface area contributed by atoms with Crippen molar-refractivity contribution in [3.63, 3.8) is 0 Å². The van der Waals surface area contributed by atoms with Crippen molar-refractivity contribution in [2.45, 2.75) is 12.5 Å². The number of likely N-dealkylation sites (N-methyl/N-ethyl adjacent to an activating group) is 1. The first-order chi connectivity index (χ1) is 11.2. The summed E-state index contributed by atoms with van der Waals surface area (Å²) in [6, 6.07) is 6.63. The second-order valence-corrected chi connectivity index (χ2v) is 8.42. The van der Waals surface area contributed by atoms with Crippen LogP contribution in [0.4, 0.5) is 5.69 Å². The second kappa shape index (κ2) is 7.21. The summed E-state index contributed by atoms with van der Waals surface area (Å²) in [5.41, 5.74) is 1.30. The van der Waals surface area contributed by atoms with Crippen molar-refractivity contribution in [2.24, 2.45) is 0 Å². The molecule has 0 radical (unpaired) electrons. The molecule has 132 valence electrons. The summed E-state index contributed by atoms with van der Waals surface area (Å²) in [6.45, 7) is 0.0774. The van der Waals surface area contributed by atoms with Crippen LogP contribution in [0, 0.1) is 0 Å². The largest absolute Gasteiger partial charge is 0.376 e. The number of carbonyl (C=O) groups is 2. The Morgan fingerprint density at radius 1 is 1.17 bits per heavy atom. The lowest BCUT2D eigenvalue weighted by Gasteiger charge is -2.23. The third kappa shape index (κ3) is 4.47. The fourth-order valence-electron chi connectivity index (χ4n) is 2.58. The van der Waals surface area contributed by atoms with Gasteiger partial charge in [0.05, 0.1) is 18.1 Å². The highest BCUT2D eigenvalue weighted by atomic mass is 32.2. The molecule has 24 heavy (non-hydrogen) atoms. The molecule has 1 atom stereocenters. The van der Waals surface area contributed by atoms with Crippen LogP contribution in [-0.4, -0.2) is 75.3 Å². The van der Waals surface area contributed by atoms with Crippen molar-refractivity contribution in [3.8, 4) is 0 Å². The normalized spacial score (nSPS) is 18.9. The Morgan fingerprint density at radius 3 is 2.29 bits per heavy atom. The fraction of sp³-hybridized carbons (Fsp3) is 0.500. The van der Waals surface area contributed by atoms with Crippen molar-refractivity contribution in [2.75, 3.05) is 44.5 Å². The third-order valence-corrected chi connectivity index (χ3v) is 5.88. The van der Waals surface area contributed by atoms with Crippen LogP contribution in [0.25, 0.3) is 0 Å². The number of anilines is 1. The summed E-state index contributed by atoms with van der Waals surface area (Å²) in [5.74, 6) is -0.0638. The first-order valence-electron chi connectivity index (χ1n) is 7.71. The van der Waals surface area contributed by atoms with E-state index in [0.717, 1.165) is 5.69 Å². The first kappa shape index (κ1) is 18.3. The molecule has 1 aromatic rings. The highest BCUT2D eigenvalue weighted by Gasteiger charge is 2.32. The monoisotopic (exact) mass is 353 g/mol. The summed E-state index contributed by atoms with van der Waals surface area (Å²) in [7, 11) is 2.00. The predicted molar refractivity (Wildman–Crippen MR) is 92.8 cm³/mol. The van der Waals surface area contributed by atoms with Crippen molar-refractivity contribution in [1.82, 2.24) is 9.80 Å². The van der Waals surface area contributed by atoms with Crippen LogP contribution in [-0.2, 0) is 14.6 Å². The number of sulfone groups is 1. The number of hydrogen-bond donors (Lipinski definition) is 1. The second-order valence-electron chi connectivity index (χ2n) is 6.19. The maximum Gasteiger partial charge on any atom is 0.253 e. The van der Waals surface area contributed by atoms with Crippen LogP contribution in [0.1, 0.15) is 16.8 Å². The third-order valence-electron chi connectivity index (χ3n) is 4.13. The van der Waals surface area contributed by atoms with Gasteiger partial charge in [-0.25, -0.2) is 8.42 Å². The van der Waals surface area contributed by atoms with Gasteiger partial charge in [0.25, 0.3) is 5.91 Å². The summed E-state index contributed by atoms with van der Waals surface area (Å²) in [6.07, 6.45) is 0.492. The number of nitrogens with one attached hydrogen (secondary N) is 1. The maximum absolute atomic E-state index is 12.2. The average Bonchev–Trinajstić information content (AvgIpc) is 2.91. The zero-order chi connectivity index (χ0) is 17.9. The molecule has 1 aliphatic rings. The average molecular weight is 353 g/mol. The van der Waals surface area contributed by atoms with Crippen molar-refractivity contribution >= 4 is 27.3 Å². The Labute approximate surface area is 142 Å². The van der Waals surface area contributed by atoms with E-state index in [0.29, 0.717) is 12.0 Å². The van der Waals surface area contributed by atoms with Crippen LogP contribution in [0.2, 0.25) is 0 Å². The molecule has 2 rings (SSSR count). The summed E-state index contributed by atoms with van der Waals surface area (Å²) in [4.78, 5) is 27.0. The molecule has 2 amide bonds. The highest BCUT2D eigenvalue weighted by Crippen LogP contribution is 2.17. The molecule has 1 fully saturated rings. The molecular weight excluding hydrogens is 330 g/mol. The Hall–Kier alpha value is -2.09. The van der Waals surface area contributed by atoms with Gasteiger partial charge >= 0.3 is 0 Å². The zero-order valence-electron chi connectivity index (χ0n) is 14.2. The molecule has 7 nitrogen and oxygen atoms in total. The predicted octanol–water partition coefficient (Wildman–Crippen LogP) is 0.446. The molecule has 0 aliphatic carbocycles. The van der Waals surface area contributed by atoms with Gasteiger partial charge in [-0.1, -0.05) is 0 Å². The van der Waals surface area contributed by atoms with Crippen molar-refractivity contribution in [1.29, 1.82) is 0 Å². The van der Waals surface area contributed by atoms with Crippen molar-refractivity contribution in [3.05, 3.63) is 29.8 Å². The van der Waals surface area contributed by atoms with Crippen LogP contribution in [0.5, 0.6) is 0 Å². The summed E-state index contributed by atoms with van der Waals surface area (Å²) >= 11 is 0. The standard InChI is InChI=1S/C16H23N3O4S/c1-18(2)16(21)12-4-6-13(7-5-12)17-10-15(20)19(3)14-8-9-24(22,23)11-14/h4-7,14,17H,8-11H2,1-3H3. The Morgan fingerprint density at radius 2 is 1.79 bits per heavy atom. The fourth-order valence-corrected chi connectivity index (χ4v) is 4.35. The first-order valence-corrected chi connectivity index (χ1v) is 9.53. The zero-order valence-corrected chi connectivity index (χ0v) is 15.0. The molecular formula is C16H23N3O4S. The molecule has 8 heteroatoms. The van der Waals surface area contributed by atoms with Crippen LogP contribution in [0.3, 0.4) is 0 Å². The molecule has 0 saturated carbocycles. The number of carbonyl (C=O) groups excluding carboxylic acids is 2. The molecule has 0 spiro atoms. The molecule has 1 heterocycles. The van der Waals surface area contributed by atoms with Crippen molar-refractivity contribution < 1.29 is 18.0 Å². The van der Waals surface area contributed by atoms with Gasteiger partial charge in [0.15, 0.2) is 9.84 Å². The van der Waals surface area contributed by atoms with E-state index in [-0.39, 0.29) is 35.9 Å². The highest BCUT2D eigenvalue weighted by molar-refractivity contribution is 7.91. The molecule has 1 aliphatic heterocycles. The van der Waals surface area contributed by atoms with Crippen LogP contribution < -0.4 is 5.32 Å².